The molecular formula is C22H24FN5O2S. The highest BCUT2D eigenvalue weighted by Gasteiger charge is 2.37. The van der Waals surface area contributed by atoms with Crippen LogP contribution in [0.5, 0.6) is 5.75 Å². The van der Waals surface area contributed by atoms with Crippen LogP contribution >= 0.6 is 11.8 Å². The summed E-state index contributed by atoms with van der Waals surface area (Å²) in [6, 6.07) is 13.1. The highest BCUT2D eigenvalue weighted by Crippen LogP contribution is 2.38. The van der Waals surface area contributed by atoms with E-state index in [2.05, 4.69) is 27.9 Å². The molecule has 0 saturated heterocycles. The number of carbonyl (C=O) groups is 1. The summed E-state index contributed by atoms with van der Waals surface area (Å²) >= 11 is 1.36. The Hall–Kier alpha value is -3.07. The Kier molecular flexibility index (Phi) is 6.41. The quantitative estimate of drug-likeness (QED) is 0.573. The van der Waals surface area contributed by atoms with Crippen molar-refractivity contribution >= 4 is 23.4 Å². The topological polar surface area (TPSA) is 81.1 Å². The zero-order valence-electron chi connectivity index (χ0n) is 17.3. The van der Waals surface area contributed by atoms with Crippen LogP contribution < -0.4 is 15.5 Å². The molecule has 0 saturated carbocycles. The maximum Gasteiger partial charge on any atom is 0.240 e. The van der Waals surface area contributed by atoms with E-state index < -0.39 is 5.25 Å². The Morgan fingerprint density at radius 1 is 1.16 bits per heavy atom. The van der Waals surface area contributed by atoms with E-state index in [4.69, 9.17) is 4.74 Å². The molecule has 9 heteroatoms. The first-order valence-electron chi connectivity index (χ1n) is 10.3. The molecule has 1 aromatic heterocycles. The van der Waals surface area contributed by atoms with Crippen molar-refractivity contribution in [2.24, 2.45) is 0 Å². The average molecular weight is 442 g/mol. The number of aromatic nitrogens is 3. The molecule has 3 aromatic rings. The third kappa shape index (κ3) is 4.66. The second-order valence-electron chi connectivity index (χ2n) is 7.13. The van der Waals surface area contributed by atoms with Crippen LogP contribution in [0.15, 0.2) is 53.7 Å². The van der Waals surface area contributed by atoms with Crippen LogP contribution in [0.1, 0.15) is 37.7 Å². The molecule has 4 rings (SSSR count). The highest BCUT2D eigenvalue weighted by atomic mass is 32.2. The van der Waals surface area contributed by atoms with Gasteiger partial charge in [0.15, 0.2) is 5.82 Å². The molecule has 1 amide bonds. The summed E-state index contributed by atoms with van der Waals surface area (Å²) in [7, 11) is 0. The van der Waals surface area contributed by atoms with E-state index >= 15 is 0 Å². The third-order valence-electron chi connectivity index (χ3n) is 4.90. The smallest absolute Gasteiger partial charge is 0.240 e. The minimum absolute atomic E-state index is 0.200. The molecule has 162 valence electrons. The molecule has 2 heterocycles. The van der Waals surface area contributed by atoms with Gasteiger partial charge in [-0.05, 0) is 55.3 Å². The van der Waals surface area contributed by atoms with Gasteiger partial charge in [-0.1, -0.05) is 30.8 Å². The Morgan fingerprint density at radius 2 is 1.90 bits per heavy atom. The molecule has 2 atom stereocenters. The number of carbonyl (C=O) groups excluding carboxylic acids is 1. The first-order chi connectivity index (χ1) is 15.1. The largest absolute Gasteiger partial charge is 0.494 e. The lowest BCUT2D eigenvalue weighted by atomic mass is 10.0. The summed E-state index contributed by atoms with van der Waals surface area (Å²) in [4.78, 5) is 13.2. The van der Waals surface area contributed by atoms with E-state index in [0.29, 0.717) is 17.5 Å². The Labute approximate surface area is 184 Å². The van der Waals surface area contributed by atoms with E-state index in [1.807, 2.05) is 35.9 Å². The van der Waals surface area contributed by atoms with E-state index in [1.54, 1.807) is 12.1 Å². The summed E-state index contributed by atoms with van der Waals surface area (Å²) in [5.74, 6) is 1.06. The number of rotatable bonds is 7. The number of benzene rings is 2. The average Bonchev–Trinajstić information content (AvgIpc) is 3.17. The number of thioether (sulfide) groups is 1. The van der Waals surface area contributed by atoms with Gasteiger partial charge in [0.1, 0.15) is 16.8 Å². The Balaban J connectivity index is 1.64. The second kappa shape index (κ2) is 9.38. The van der Waals surface area contributed by atoms with Crippen molar-refractivity contribution in [1.82, 2.24) is 14.9 Å². The van der Waals surface area contributed by atoms with Crippen molar-refractivity contribution in [1.29, 1.82) is 0 Å². The van der Waals surface area contributed by atoms with Gasteiger partial charge in [-0.15, -0.1) is 10.2 Å². The predicted octanol–water partition coefficient (Wildman–Crippen LogP) is 4.17. The van der Waals surface area contributed by atoms with Crippen LogP contribution in [0, 0.1) is 5.82 Å². The number of ether oxygens (including phenoxy) is 1. The number of hydrogen-bond acceptors (Lipinski definition) is 6. The minimum Gasteiger partial charge on any atom is -0.494 e. The molecule has 0 fully saturated rings. The fourth-order valence-corrected chi connectivity index (χ4v) is 4.52. The van der Waals surface area contributed by atoms with Gasteiger partial charge in [-0.3, -0.25) is 4.79 Å². The molecule has 31 heavy (non-hydrogen) atoms. The Bertz CT molecular complexity index is 1040. The highest BCUT2D eigenvalue weighted by molar-refractivity contribution is 8.00. The number of halogens is 1. The van der Waals surface area contributed by atoms with Crippen LogP contribution in [-0.4, -0.2) is 32.6 Å². The van der Waals surface area contributed by atoms with Gasteiger partial charge >= 0.3 is 0 Å². The third-order valence-corrected chi connectivity index (χ3v) is 6.11. The molecular weight excluding hydrogens is 417 g/mol. The van der Waals surface area contributed by atoms with E-state index in [-0.39, 0.29) is 17.8 Å². The molecule has 0 radical (unpaired) electrons. The van der Waals surface area contributed by atoms with Gasteiger partial charge < -0.3 is 15.5 Å². The number of anilines is 1. The first-order valence-corrected chi connectivity index (χ1v) is 11.1. The van der Waals surface area contributed by atoms with Crippen LogP contribution in [0.2, 0.25) is 0 Å². The summed E-state index contributed by atoms with van der Waals surface area (Å²) in [5, 5.41) is 11.6. The van der Waals surface area contributed by atoms with Crippen molar-refractivity contribution in [3.8, 4) is 5.75 Å². The molecule has 1 aliphatic rings. The Morgan fingerprint density at radius 3 is 2.58 bits per heavy atom. The maximum absolute atomic E-state index is 13.2. The summed E-state index contributed by atoms with van der Waals surface area (Å²) in [5.41, 5.74) is 4.91. The zero-order valence-corrected chi connectivity index (χ0v) is 18.2. The fraction of sp³-hybridized carbons (Fsp3) is 0.318. The number of fused-ring (bicyclic) bond motifs is 1. The summed E-state index contributed by atoms with van der Waals surface area (Å²) in [6.07, 6.45) is 1.72. The number of amides is 1. The SMILES string of the molecule is CCCc1nnc2n1N[C@@H](c1ccc(OCC)cc1)[C@H](C(=O)Nc1ccc(F)cc1)S2. The summed E-state index contributed by atoms with van der Waals surface area (Å²) in [6.45, 7) is 4.61. The molecule has 0 spiro atoms. The summed E-state index contributed by atoms with van der Waals surface area (Å²) < 4.78 is 20.6. The molecule has 0 unspecified atom stereocenters. The van der Waals surface area contributed by atoms with Crippen molar-refractivity contribution in [2.75, 3.05) is 17.3 Å². The molecule has 0 aliphatic carbocycles. The van der Waals surface area contributed by atoms with E-state index in [9.17, 15) is 9.18 Å². The lowest BCUT2D eigenvalue weighted by Crippen LogP contribution is -2.41. The first kappa shape index (κ1) is 21.2. The normalized spacial score (nSPS) is 17.5. The lowest BCUT2D eigenvalue weighted by molar-refractivity contribution is -0.116. The number of nitrogens with zero attached hydrogens (tertiary/aromatic N) is 3. The van der Waals surface area contributed by atoms with Crippen LogP contribution in [-0.2, 0) is 11.2 Å². The van der Waals surface area contributed by atoms with Crippen molar-refractivity contribution in [2.45, 2.75) is 43.1 Å². The molecule has 2 aromatic carbocycles. The number of hydrogen-bond donors (Lipinski definition) is 2. The van der Waals surface area contributed by atoms with Gasteiger partial charge in [0.05, 0.1) is 12.6 Å². The van der Waals surface area contributed by atoms with Gasteiger partial charge in [0.25, 0.3) is 0 Å². The van der Waals surface area contributed by atoms with Crippen LogP contribution in [0.3, 0.4) is 0 Å². The minimum atomic E-state index is -0.505. The number of aryl methyl sites for hydroxylation is 1. The van der Waals surface area contributed by atoms with Crippen LogP contribution in [0.25, 0.3) is 0 Å². The fourth-order valence-electron chi connectivity index (χ4n) is 3.42. The zero-order chi connectivity index (χ0) is 21.8. The standard InChI is InChI=1S/C22H24FN5O2S/c1-3-5-18-25-26-22-28(18)27-19(14-6-12-17(13-7-14)30-4-2)20(31-22)21(29)24-16-10-8-15(23)9-11-16/h6-13,19-20,27H,3-5H2,1-2H3,(H,24,29)/t19-,20+/m0/s1. The van der Waals surface area contributed by atoms with Gasteiger partial charge in [0, 0.05) is 12.1 Å². The molecule has 7 nitrogen and oxygen atoms in total. The lowest BCUT2D eigenvalue weighted by Gasteiger charge is -2.33. The van der Waals surface area contributed by atoms with Crippen molar-refractivity contribution < 1.29 is 13.9 Å². The van der Waals surface area contributed by atoms with Crippen LogP contribution in [0.4, 0.5) is 10.1 Å². The molecule has 2 N–H and O–H groups in total. The van der Waals surface area contributed by atoms with Gasteiger partial charge in [-0.2, -0.15) is 0 Å². The van der Waals surface area contributed by atoms with Crippen molar-refractivity contribution in [3.05, 3.63) is 65.7 Å². The maximum atomic E-state index is 13.2. The van der Waals surface area contributed by atoms with Gasteiger partial charge in [0.2, 0.25) is 11.1 Å². The van der Waals surface area contributed by atoms with Crippen molar-refractivity contribution in [3.63, 3.8) is 0 Å². The number of nitrogens with one attached hydrogen (secondary N) is 2. The predicted molar refractivity (Wildman–Crippen MR) is 118 cm³/mol. The van der Waals surface area contributed by atoms with E-state index in [1.165, 1.54) is 23.9 Å². The van der Waals surface area contributed by atoms with Gasteiger partial charge in [-0.25, -0.2) is 9.07 Å². The second-order valence-corrected chi connectivity index (χ2v) is 8.24. The molecule has 1 aliphatic heterocycles. The monoisotopic (exact) mass is 441 g/mol. The van der Waals surface area contributed by atoms with E-state index in [0.717, 1.165) is 30.0 Å². The molecule has 0 bridgehead atoms.